The van der Waals surface area contributed by atoms with Crippen LogP contribution in [0.25, 0.3) is 0 Å². The van der Waals surface area contributed by atoms with Crippen LogP contribution in [0.2, 0.25) is 0 Å². The molecule has 1 rings (SSSR count). The van der Waals surface area contributed by atoms with Crippen molar-refractivity contribution in [3.8, 4) is 6.07 Å². The van der Waals surface area contributed by atoms with E-state index in [4.69, 9.17) is 10.00 Å². The second-order valence-corrected chi connectivity index (χ2v) is 5.56. The maximum atomic E-state index is 13.4. The molecule has 1 N–H and O–H groups in total. The van der Waals surface area contributed by atoms with Crippen molar-refractivity contribution >= 4 is 11.9 Å². The molecule has 118 valence electrons. The van der Waals surface area contributed by atoms with Crippen LogP contribution in [-0.2, 0) is 9.53 Å². The summed E-state index contributed by atoms with van der Waals surface area (Å²) in [6, 6.07) is 5.96. The SMILES string of the molecule is Cc1ccc(C(=O)OCC(=O)N[C@@](C)(C#N)C(C)C)cc1F. The molecule has 0 bridgehead atoms. The second kappa shape index (κ2) is 7.03. The van der Waals surface area contributed by atoms with Gasteiger partial charge in [-0.3, -0.25) is 4.79 Å². The van der Waals surface area contributed by atoms with E-state index in [0.717, 1.165) is 6.07 Å². The van der Waals surface area contributed by atoms with Gasteiger partial charge in [0.2, 0.25) is 0 Å². The van der Waals surface area contributed by atoms with Crippen molar-refractivity contribution in [2.24, 2.45) is 5.92 Å². The minimum absolute atomic E-state index is 0.0304. The Morgan fingerprint density at radius 1 is 1.45 bits per heavy atom. The molecule has 5 nitrogen and oxygen atoms in total. The monoisotopic (exact) mass is 306 g/mol. The van der Waals surface area contributed by atoms with Crippen LogP contribution in [0.15, 0.2) is 18.2 Å². The number of esters is 1. The Labute approximate surface area is 129 Å². The van der Waals surface area contributed by atoms with Gasteiger partial charge in [-0.15, -0.1) is 0 Å². The molecule has 0 aromatic heterocycles. The molecule has 0 aliphatic heterocycles. The molecule has 22 heavy (non-hydrogen) atoms. The van der Waals surface area contributed by atoms with Gasteiger partial charge in [0, 0.05) is 0 Å². The van der Waals surface area contributed by atoms with Gasteiger partial charge in [-0.05, 0) is 37.5 Å². The molecule has 0 saturated heterocycles. The molecular weight excluding hydrogens is 287 g/mol. The Hall–Kier alpha value is -2.42. The van der Waals surface area contributed by atoms with Crippen LogP contribution in [0.4, 0.5) is 4.39 Å². The number of carbonyl (C=O) groups excluding carboxylic acids is 2. The van der Waals surface area contributed by atoms with Crippen LogP contribution in [0.3, 0.4) is 0 Å². The number of nitriles is 1. The number of benzene rings is 1. The maximum Gasteiger partial charge on any atom is 0.338 e. The first-order valence-electron chi connectivity index (χ1n) is 6.85. The number of halogens is 1. The third-order valence-corrected chi connectivity index (χ3v) is 3.53. The van der Waals surface area contributed by atoms with Gasteiger partial charge in [-0.1, -0.05) is 19.9 Å². The largest absolute Gasteiger partial charge is 0.452 e. The molecule has 0 spiro atoms. The smallest absolute Gasteiger partial charge is 0.338 e. The molecule has 6 heteroatoms. The zero-order valence-electron chi connectivity index (χ0n) is 13.1. The summed E-state index contributed by atoms with van der Waals surface area (Å²) in [7, 11) is 0. The predicted octanol–water partition coefficient (Wildman–Crippen LogP) is 2.35. The number of aryl methyl sites for hydroxylation is 1. The normalized spacial score (nSPS) is 13.1. The first kappa shape index (κ1) is 17.6. The zero-order valence-corrected chi connectivity index (χ0v) is 13.1. The molecule has 0 fully saturated rings. The van der Waals surface area contributed by atoms with E-state index in [-0.39, 0.29) is 11.5 Å². The Balaban J connectivity index is 2.62. The minimum Gasteiger partial charge on any atom is -0.452 e. The first-order valence-corrected chi connectivity index (χ1v) is 6.85. The number of carbonyl (C=O) groups is 2. The Morgan fingerprint density at radius 3 is 2.59 bits per heavy atom. The topological polar surface area (TPSA) is 79.2 Å². The zero-order chi connectivity index (χ0) is 16.9. The Bertz CT molecular complexity index is 622. The van der Waals surface area contributed by atoms with Gasteiger partial charge < -0.3 is 10.1 Å². The molecule has 0 aliphatic rings. The second-order valence-electron chi connectivity index (χ2n) is 5.56. The minimum atomic E-state index is -1.04. The lowest BCUT2D eigenvalue weighted by molar-refractivity contribution is -0.125. The molecule has 0 heterocycles. The number of nitrogens with zero attached hydrogens (tertiary/aromatic N) is 1. The van der Waals surface area contributed by atoms with E-state index < -0.39 is 29.8 Å². The fraction of sp³-hybridized carbons (Fsp3) is 0.438. The van der Waals surface area contributed by atoms with E-state index in [1.165, 1.54) is 12.1 Å². The van der Waals surface area contributed by atoms with Crippen molar-refractivity contribution in [1.29, 1.82) is 5.26 Å². The highest BCUT2D eigenvalue weighted by molar-refractivity contribution is 5.91. The summed E-state index contributed by atoms with van der Waals surface area (Å²) in [4.78, 5) is 23.5. The van der Waals surface area contributed by atoms with Crippen molar-refractivity contribution < 1.29 is 18.7 Å². The standard InChI is InChI=1S/C16H19FN2O3/c1-10(2)16(4,9-18)19-14(20)8-22-15(21)12-6-5-11(3)13(17)7-12/h5-7,10H,8H2,1-4H3,(H,19,20)/t16-/m0/s1. The summed E-state index contributed by atoms with van der Waals surface area (Å²) >= 11 is 0. The average Bonchev–Trinajstić information content (AvgIpc) is 2.47. The van der Waals surface area contributed by atoms with Crippen molar-refractivity contribution in [3.63, 3.8) is 0 Å². The number of nitrogens with one attached hydrogen (secondary N) is 1. The average molecular weight is 306 g/mol. The van der Waals surface area contributed by atoms with Crippen LogP contribution in [-0.4, -0.2) is 24.0 Å². The number of hydrogen-bond acceptors (Lipinski definition) is 4. The van der Waals surface area contributed by atoms with Crippen molar-refractivity contribution in [1.82, 2.24) is 5.32 Å². The molecule has 1 aromatic rings. The van der Waals surface area contributed by atoms with E-state index in [1.807, 2.05) is 6.07 Å². The summed E-state index contributed by atoms with van der Waals surface area (Å²) < 4.78 is 18.2. The van der Waals surface area contributed by atoms with Gasteiger partial charge in [0.1, 0.15) is 11.4 Å². The summed E-state index contributed by atoms with van der Waals surface area (Å²) in [6.07, 6.45) is 0. The number of ether oxygens (including phenoxy) is 1. The van der Waals surface area contributed by atoms with E-state index in [2.05, 4.69) is 5.32 Å². The molecule has 1 amide bonds. The third kappa shape index (κ3) is 4.29. The van der Waals surface area contributed by atoms with E-state index >= 15 is 0 Å². The summed E-state index contributed by atoms with van der Waals surface area (Å²) in [5.41, 5.74) is -0.599. The molecule has 0 aliphatic carbocycles. The van der Waals surface area contributed by atoms with Crippen molar-refractivity contribution in [2.75, 3.05) is 6.61 Å². The first-order chi connectivity index (χ1) is 10.2. The van der Waals surface area contributed by atoms with Crippen LogP contribution >= 0.6 is 0 Å². The molecule has 1 atom stereocenters. The fourth-order valence-corrected chi connectivity index (χ4v) is 1.56. The van der Waals surface area contributed by atoms with E-state index in [1.54, 1.807) is 27.7 Å². The van der Waals surface area contributed by atoms with E-state index in [0.29, 0.717) is 5.56 Å². The fourth-order valence-electron chi connectivity index (χ4n) is 1.56. The van der Waals surface area contributed by atoms with Gasteiger partial charge in [0.15, 0.2) is 6.61 Å². The number of rotatable bonds is 5. The molecular formula is C16H19FN2O3. The van der Waals surface area contributed by atoms with E-state index in [9.17, 15) is 14.0 Å². The van der Waals surface area contributed by atoms with Gasteiger partial charge in [0.25, 0.3) is 5.91 Å². The van der Waals surface area contributed by atoms with Crippen molar-refractivity contribution in [2.45, 2.75) is 33.2 Å². The maximum absolute atomic E-state index is 13.4. The highest BCUT2D eigenvalue weighted by Crippen LogP contribution is 2.15. The van der Waals surface area contributed by atoms with Crippen molar-refractivity contribution in [3.05, 3.63) is 35.1 Å². The summed E-state index contributed by atoms with van der Waals surface area (Å²) in [5, 5.41) is 11.6. The molecule has 0 saturated carbocycles. The van der Waals surface area contributed by atoms with Gasteiger partial charge >= 0.3 is 5.97 Å². The van der Waals surface area contributed by atoms with Crippen LogP contribution < -0.4 is 5.32 Å². The van der Waals surface area contributed by atoms with Crippen LogP contribution in [0, 0.1) is 30.0 Å². The summed E-state index contributed by atoms with van der Waals surface area (Å²) in [6.45, 7) is 6.23. The van der Waals surface area contributed by atoms with Crippen LogP contribution in [0.5, 0.6) is 0 Å². The van der Waals surface area contributed by atoms with Gasteiger partial charge in [0.05, 0.1) is 11.6 Å². The highest BCUT2D eigenvalue weighted by atomic mass is 19.1. The van der Waals surface area contributed by atoms with Gasteiger partial charge in [-0.25, -0.2) is 9.18 Å². The number of hydrogen-bond donors (Lipinski definition) is 1. The lowest BCUT2D eigenvalue weighted by atomic mass is 9.90. The summed E-state index contributed by atoms with van der Waals surface area (Å²) in [5.74, 6) is -2.00. The highest BCUT2D eigenvalue weighted by Gasteiger charge is 2.30. The quantitative estimate of drug-likeness (QED) is 0.847. The lowest BCUT2D eigenvalue weighted by Crippen LogP contribution is -2.50. The van der Waals surface area contributed by atoms with Gasteiger partial charge in [-0.2, -0.15) is 5.26 Å². The Morgan fingerprint density at radius 2 is 2.09 bits per heavy atom. The molecule has 1 aromatic carbocycles. The lowest BCUT2D eigenvalue weighted by Gasteiger charge is -2.27. The number of amides is 1. The predicted molar refractivity (Wildman–Crippen MR) is 78.4 cm³/mol. The third-order valence-electron chi connectivity index (χ3n) is 3.53. The molecule has 0 unspecified atom stereocenters. The van der Waals surface area contributed by atoms with Crippen LogP contribution in [0.1, 0.15) is 36.7 Å². The Kier molecular flexibility index (Phi) is 5.63. The molecule has 0 radical (unpaired) electrons.